The largest absolute Gasteiger partial charge is 0.322 e. The van der Waals surface area contributed by atoms with Gasteiger partial charge in [-0.2, -0.15) is 0 Å². The van der Waals surface area contributed by atoms with E-state index in [4.69, 9.17) is 0 Å². The monoisotopic (exact) mass is 371 g/mol. The van der Waals surface area contributed by atoms with Crippen LogP contribution in [0.15, 0.2) is 23.6 Å². The number of rotatable bonds is 2. The summed E-state index contributed by atoms with van der Waals surface area (Å²) < 4.78 is 1.17. The van der Waals surface area contributed by atoms with Crippen molar-refractivity contribution in [2.75, 3.05) is 5.32 Å². The summed E-state index contributed by atoms with van der Waals surface area (Å²) in [5, 5.41) is 4.89. The summed E-state index contributed by atoms with van der Waals surface area (Å²) in [6.45, 7) is 6.03. The summed E-state index contributed by atoms with van der Waals surface area (Å²) in [6.07, 6.45) is 0. The molecule has 2 rings (SSSR count). The van der Waals surface area contributed by atoms with Gasteiger partial charge >= 0.3 is 0 Å². The highest BCUT2D eigenvalue weighted by molar-refractivity contribution is 14.1. The van der Waals surface area contributed by atoms with E-state index in [0.717, 1.165) is 22.4 Å². The lowest BCUT2D eigenvalue weighted by Gasteiger charge is -2.08. The van der Waals surface area contributed by atoms with Crippen molar-refractivity contribution in [3.05, 3.63) is 48.7 Å². The summed E-state index contributed by atoms with van der Waals surface area (Å²) >= 11 is 3.88. The molecule has 2 nitrogen and oxygen atoms in total. The van der Waals surface area contributed by atoms with Gasteiger partial charge < -0.3 is 5.32 Å². The molecule has 18 heavy (non-hydrogen) atoms. The van der Waals surface area contributed by atoms with Gasteiger partial charge in [-0.05, 0) is 72.7 Å². The average molecular weight is 371 g/mol. The lowest BCUT2D eigenvalue weighted by atomic mass is 10.1. The standard InChI is InChI=1S/C14H14INOS/c1-8-6-11(15)4-5-13(8)16-14(17)12-7-18-10(3)9(12)2/h4-7H,1-3H3,(H,16,17). The van der Waals surface area contributed by atoms with E-state index >= 15 is 0 Å². The van der Waals surface area contributed by atoms with E-state index in [1.54, 1.807) is 11.3 Å². The fourth-order valence-corrected chi connectivity index (χ4v) is 3.21. The van der Waals surface area contributed by atoms with E-state index in [1.807, 2.05) is 38.3 Å². The number of thiophene rings is 1. The van der Waals surface area contributed by atoms with Crippen molar-refractivity contribution < 1.29 is 4.79 Å². The van der Waals surface area contributed by atoms with Crippen LogP contribution in [0, 0.1) is 24.3 Å². The maximum atomic E-state index is 12.2. The van der Waals surface area contributed by atoms with E-state index in [9.17, 15) is 4.79 Å². The lowest BCUT2D eigenvalue weighted by Crippen LogP contribution is -2.13. The highest BCUT2D eigenvalue weighted by Crippen LogP contribution is 2.23. The van der Waals surface area contributed by atoms with Crippen LogP contribution in [0.5, 0.6) is 0 Å². The number of nitrogens with one attached hydrogen (secondary N) is 1. The van der Waals surface area contributed by atoms with Crippen LogP contribution in [0.2, 0.25) is 0 Å². The zero-order valence-electron chi connectivity index (χ0n) is 10.5. The Morgan fingerprint density at radius 3 is 2.56 bits per heavy atom. The summed E-state index contributed by atoms with van der Waals surface area (Å²) in [6, 6.07) is 6.00. The van der Waals surface area contributed by atoms with Gasteiger partial charge in [-0.3, -0.25) is 4.79 Å². The first kappa shape index (κ1) is 13.5. The second-order valence-corrected chi connectivity index (χ2v) is 6.57. The molecule has 0 radical (unpaired) electrons. The molecule has 1 heterocycles. The van der Waals surface area contributed by atoms with Crippen LogP contribution in [0.3, 0.4) is 0 Å². The predicted molar refractivity (Wildman–Crippen MR) is 85.6 cm³/mol. The van der Waals surface area contributed by atoms with Crippen LogP contribution in [-0.2, 0) is 0 Å². The molecule has 0 saturated heterocycles. The first-order valence-electron chi connectivity index (χ1n) is 5.61. The summed E-state index contributed by atoms with van der Waals surface area (Å²) in [5.41, 5.74) is 3.81. The van der Waals surface area contributed by atoms with Crippen molar-refractivity contribution in [2.24, 2.45) is 0 Å². The highest BCUT2D eigenvalue weighted by Gasteiger charge is 2.13. The Balaban J connectivity index is 2.24. The van der Waals surface area contributed by atoms with Gasteiger partial charge in [-0.15, -0.1) is 11.3 Å². The van der Waals surface area contributed by atoms with Crippen LogP contribution in [0.25, 0.3) is 0 Å². The van der Waals surface area contributed by atoms with Crippen molar-refractivity contribution in [3.8, 4) is 0 Å². The van der Waals surface area contributed by atoms with Crippen molar-refractivity contribution in [3.63, 3.8) is 0 Å². The Morgan fingerprint density at radius 1 is 1.28 bits per heavy atom. The molecule has 0 spiro atoms. The SMILES string of the molecule is Cc1cc(I)ccc1NC(=O)c1csc(C)c1C. The zero-order valence-corrected chi connectivity index (χ0v) is 13.5. The van der Waals surface area contributed by atoms with Crippen LogP contribution in [0.1, 0.15) is 26.4 Å². The molecule has 2 aromatic rings. The van der Waals surface area contributed by atoms with Gasteiger partial charge in [0, 0.05) is 19.5 Å². The lowest BCUT2D eigenvalue weighted by molar-refractivity contribution is 0.102. The molecule has 0 aliphatic carbocycles. The van der Waals surface area contributed by atoms with Gasteiger partial charge in [-0.25, -0.2) is 0 Å². The van der Waals surface area contributed by atoms with Crippen LogP contribution in [-0.4, -0.2) is 5.91 Å². The Kier molecular flexibility index (Phi) is 4.07. The van der Waals surface area contributed by atoms with Crippen LogP contribution in [0.4, 0.5) is 5.69 Å². The van der Waals surface area contributed by atoms with Gasteiger partial charge in [-0.1, -0.05) is 0 Å². The second kappa shape index (κ2) is 5.40. The molecule has 0 saturated carbocycles. The molecule has 0 aliphatic rings. The smallest absolute Gasteiger partial charge is 0.256 e. The van der Waals surface area contributed by atoms with Gasteiger partial charge in [0.15, 0.2) is 0 Å². The Hall–Kier alpha value is -0.880. The molecule has 0 atom stereocenters. The molecule has 1 amide bonds. The third kappa shape index (κ3) is 2.75. The van der Waals surface area contributed by atoms with Crippen LogP contribution < -0.4 is 5.32 Å². The maximum absolute atomic E-state index is 12.2. The maximum Gasteiger partial charge on any atom is 0.256 e. The molecule has 4 heteroatoms. The number of hydrogen-bond donors (Lipinski definition) is 1. The summed E-state index contributed by atoms with van der Waals surface area (Å²) in [5.74, 6) is -0.0267. The average Bonchev–Trinajstić information content (AvgIpc) is 2.64. The molecular formula is C14H14INOS. The van der Waals surface area contributed by atoms with Crippen molar-refractivity contribution in [1.82, 2.24) is 0 Å². The van der Waals surface area contributed by atoms with E-state index in [-0.39, 0.29) is 5.91 Å². The van der Waals surface area contributed by atoms with Crippen molar-refractivity contribution in [1.29, 1.82) is 0 Å². The molecule has 0 bridgehead atoms. The second-order valence-electron chi connectivity index (χ2n) is 4.24. The third-order valence-electron chi connectivity index (χ3n) is 2.97. The molecular weight excluding hydrogens is 357 g/mol. The quantitative estimate of drug-likeness (QED) is 0.773. The fourth-order valence-electron chi connectivity index (χ4n) is 1.69. The summed E-state index contributed by atoms with van der Waals surface area (Å²) in [4.78, 5) is 13.4. The molecule has 0 unspecified atom stereocenters. The number of hydrogen-bond acceptors (Lipinski definition) is 2. The molecule has 1 aromatic carbocycles. The van der Waals surface area contributed by atoms with Crippen LogP contribution >= 0.6 is 33.9 Å². The Morgan fingerprint density at radius 2 is 2.00 bits per heavy atom. The van der Waals surface area contributed by atoms with Gasteiger partial charge in [0.1, 0.15) is 0 Å². The van der Waals surface area contributed by atoms with Gasteiger partial charge in [0.25, 0.3) is 5.91 Å². The fraction of sp³-hybridized carbons (Fsp3) is 0.214. The minimum atomic E-state index is -0.0267. The number of anilines is 1. The number of halogens is 1. The van der Waals surface area contributed by atoms with Gasteiger partial charge in [0.2, 0.25) is 0 Å². The number of carbonyl (C=O) groups excluding carboxylic acids is 1. The molecule has 0 fully saturated rings. The minimum absolute atomic E-state index is 0.0267. The summed E-state index contributed by atoms with van der Waals surface area (Å²) in [7, 11) is 0. The molecule has 1 N–H and O–H groups in total. The topological polar surface area (TPSA) is 29.1 Å². The van der Waals surface area contributed by atoms with Crippen molar-refractivity contribution >= 4 is 45.5 Å². The van der Waals surface area contributed by atoms with E-state index in [1.165, 1.54) is 8.45 Å². The van der Waals surface area contributed by atoms with Gasteiger partial charge in [0.05, 0.1) is 5.56 Å². The third-order valence-corrected chi connectivity index (χ3v) is 4.65. The van der Waals surface area contributed by atoms with E-state index < -0.39 is 0 Å². The normalized spacial score (nSPS) is 10.4. The van der Waals surface area contributed by atoms with E-state index in [2.05, 4.69) is 34.0 Å². The molecule has 0 aliphatic heterocycles. The Bertz CT molecular complexity index is 604. The minimum Gasteiger partial charge on any atom is -0.322 e. The zero-order chi connectivity index (χ0) is 13.3. The van der Waals surface area contributed by atoms with Crippen molar-refractivity contribution in [2.45, 2.75) is 20.8 Å². The number of benzene rings is 1. The number of carbonyl (C=O) groups is 1. The number of aryl methyl sites for hydroxylation is 2. The molecule has 94 valence electrons. The van der Waals surface area contributed by atoms with E-state index in [0.29, 0.717) is 0 Å². The highest BCUT2D eigenvalue weighted by atomic mass is 127. The molecule has 1 aromatic heterocycles. The first-order chi connectivity index (χ1) is 8.49. The number of amides is 1. The first-order valence-corrected chi connectivity index (χ1v) is 7.57. The predicted octanol–water partition coefficient (Wildman–Crippen LogP) is 4.53. The Labute approximate surface area is 125 Å².